The van der Waals surface area contributed by atoms with E-state index in [0.29, 0.717) is 0 Å². The quantitative estimate of drug-likeness (QED) is 0.392. The summed E-state index contributed by atoms with van der Waals surface area (Å²) in [7, 11) is 0.120. The molecule has 9 heavy (non-hydrogen) atoms. The molecule has 0 saturated heterocycles. The molecule has 0 rings (SSSR count). The highest BCUT2D eigenvalue weighted by atomic mass is 28.3. The van der Waals surface area contributed by atoms with Crippen molar-refractivity contribution in [3.8, 4) is 0 Å². The monoisotopic (exact) mass is 144 g/mol. The van der Waals surface area contributed by atoms with E-state index in [0.717, 1.165) is 6.08 Å². The normalized spacial score (nSPS) is 6.56. The van der Waals surface area contributed by atoms with E-state index >= 15 is 0 Å². The fourth-order valence-corrected chi connectivity index (χ4v) is 0. The lowest BCUT2D eigenvalue weighted by Crippen LogP contribution is -2.17. The number of carbonyl (C=O) groups excluding carboxylic acids is 1. The standard InChI is InChI=1S/C3H4O2.C3H9Si/c1-2-3(4)5;1-4(2)3/h2H,1H2,(H,4,5);1-3H3/q;+1/p-1. The molecule has 52 valence electrons. The minimum Gasteiger partial charge on any atom is -0.545 e. The summed E-state index contributed by atoms with van der Waals surface area (Å²) in [5, 5.41) is 9.14. The van der Waals surface area contributed by atoms with Gasteiger partial charge in [-0.3, -0.25) is 0 Å². The molecular weight excluding hydrogens is 132 g/mol. The highest BCUT2D eigenvalue weighted by Crippen LogP contribution is 1.68. The Morgan fingerprint density at radius 2 is 1.67 bits per heavy atom. The summed E-state index contributed by atoms with van der Waals surface area (Å²) in [6.45, 7) is 9.70. The average Bonchev–Trinajstić information content (AvgIpc) is 1.65. The molecule has 2 nitrogen and oxygen atoms in total. The first kappa shape index (κ1) is 11.3. The molecule has 0 radical (unpaired) electrons. The Morgan fingerprint density at radius 3 is 1.67 bits per heavy atom. The smallest absolute Gasteiger partial charge is 0.304 e. The van der Waals surface area contributed by atoms with Crippen LogP contribution in [0, 0.1) is 0 Å². The molecule has 0 aliphatic rings. The van der Waals surface area contributed by atoms with Gasteiger partial charge < -0.3 is 9.90 Å². The van der Waals surface area contributed by atoms with Crippen molar-refractivity contribution in [3.63, 3.8) is 0 Å². The van der Waals surface area contributed by atoms with Crippen molar-refractivity contribution in [3.05, 3.63) is 12.7 Å². The Bertz CT molecular complexity index is 86.3. The van der Waals surface area contributed by atoms with Crippen LogP contribution in [0.2, 0.25) is 19.6 Å². The number of carboxylic acids is 1. The van der Waals surface area contributed by atoms with Crippen LogP contribution in [-0.2, 0) is 4.79 Å². The zero-order chi connectivity index (χ0) is 7.86. The van der Waals surface area contributed by atoms with E-state index in [1.165, 1.54) is 0 Å². The molecule has 0 heterocycles. The lowest BCUT2D eigenvalue weighted by molar-refractivity contribution is -0.297. The molecule has 0 amide bonds. The second kappa shape index (κ2) is 7.43. The van der Waals surface area contributed by atoms with Gasteiger partial charge in [0.1, 0.15) is 0 Å². The van der Waals surface area contributed by atoms with Crippen molar-refractivity contribution in [1.29, 1.82) is 0 Å². The first-order valence-corrected chi connectivity index (χ1v) is 5.61. The van der Waals surface area contributed by atoms with Crippen LogP contribution in [0.3, 0.4) is 0 Å². The van der Waals surface area contributed by atoms with Gasteiger partial charge >= 0.3 is 8.80 Å². The summed E-state index contributed by atoms with van der Waals surface area (Å²) in [6.07, 6.45) is 0.722. The minimum absolute atomic E-state index is 0.120. The SMILES string of the molecule is C=CC(=O)[O-].C[Si+](C)C. The summed E-state index contributed by atoms with van der Waals surface area (Å²) in [5.41, 5.74) is 0. The third-order valence-corrected chi connectivity index (χ3v) is 0.167. The van der Waals surface area contributed by atoms with Gasteiger partial charge in [-0.25, -0.2) is 0 Å². The molecule has 3 heteroatoms. The van der Waals surface area contributed by atoms with Crippen LogP contribution >= 0.6 is 0 Å². The van der Waals surface area contributed by atoms with E-state index in [4.69, 9.17) is 9.90 Å². The molecular formula is C6H12O2Si. The fraction of sp³-hybridized carbons (Fsp3) is 0.500. The van der Waals surface area contributed by atoms with Gasteiger partial charge in [-0.1, -0.05) is 6.58 Å². The maximum Gasteiger partial charge on any atom is 0.304 e. The molecule has 0 aliphatic heterocycles. The van der Waals surface area contributed by atoms with Crippen LogP contribution in [0.4, 0.5) is 0 Å². The highest BCUT2D eigenvalue weighted by molar-refractivity contribution is 6.54. The Hall–Kier alpha value is -0.573. The predicted molar refractivity (Wildman–Crippen MR) is 38.6 cm³/mol. The maximum absolute atomic E-state index is 9.14. The van der Waals surface area contributed by atoms with E-state index in [1.807, 2.05) is 0 Å². The van der Waals surface area contributed by atoms with Gasteiger partial charge in [0.25, 0.3) is 0 Å². The molecule has 0 N–H and O–H groups in total. The average molecular weight is 144 g/mol. The summed E-state index contributed by atoms with van der Waals surface area (Å²) in [4.78, 5) is 9.14. The van der Waals surface area contributed by atoms with Crippen LogP contribution in [-0.4, -0.2) is 14.8 Å². The van der Waals surface area contributed by atoms with Gasteiger partial charge in [0.15, 0.2) is 0 Å². The number of carboxylic acid groups (broad SMARTS) is 1. The highest BCUT2D eigenvalue weighted by Gasteiger charge is 1.92. The van der Waals surface area contributed by atoms with Gasteiger partial charge in [0.2, 0.25) is 0 Å². The first-order valence-electron chi connectivity index (χ1n) is 2.61. The van der Waals surface area contributed by atoms with Crippen molar-refractivity contribution in [2.75, 3.05) is 0 Å². The van der Waals surface area contributed by atoms with Crippen molar-refractivity contribution in [1.82, 2.24) is 0 Å². The second-order valence-electron chi connectivity index (χ2n) is 2.02. The zero-order valence-corrected chi connectivity index (χ0v) is 7.10. The molecule has 0 atom stereocenters. The largest absolute Gasteiger partial charge is 0.545 e. The Morgan fingerprint density at radius 1 is 1.56 bits per heavy atom. The van der Waals surface area contributed by atoms with Crippen LogP contribution in [0.5, 0.6) is 0 Å². The maximum atomic E-state index is 9.14. The van der Waals surface area contributed by atoms with E-state index in [-0.39, 0.29) is 8.80 Å². The Kier molecular flexibility index (Phi) is 9.29. The topological polar surface area (TPSA) is 40.1 Å². The Balaban J connectivity index is 0. The van der Waals surface area contributed by atoms with Crippen LogP contribution in [0.1, 0.15) is 0 Å². The van der Waals surface area contributed by atoms with E-state index in [1.54, 1.807) is 0 Å². The second-order valence-corrected chi connectivity index (χ2v) is 5.02. The molecule has 0 aromatic heterocycles. The summed E-state index contributed by atoms with van der Waals surface area (Å²) in [6, 6.07) is 0. The van der Waals surface area contributed by atoms with E-state index in [9.17, 15) is 0 Å². The van der Waals surface area contributed by atoms with Gasteiger partial charge in [0, 0.05) is 0 Å². The number of hydrogen-bond donors (Lipinski definition) is 0. The zero-order valence-electron chi connectivity index (χ0n) is 6.10. The van der Waals surface area contributed by atoms with Gasteiger partial charge in [0.05, 0.1) is 25.6 Å². The van der Waals surface area contributed by atoms with Crippen molar-refractivity contribution in [2.24, 2.45) is 0 Å². The number of carbonyl (C=O) groups is 1. The van der Waals surface area contributed by atoms with Crippen LogP contribution in [0.25, 0.3) is 0 Å². The van der Waals surface area contributed by atoms with Gasteiger partial charge in [-0.05, 0) is 6.08 Å². The molecule has 0 bridgehead atoms. The van der Waals surface area contributed by atoms with Crippen molar-refractivity contribution in [2.45, 2.75) is 19.6 Å². The molecule has 0 unspecified atom stereocenters. The summed E-state index contributed by atoms with van der Waals surface area (Å²) in [5.74, 6) is -1.23. The lowest BCUT2D eigenvalue weighted by Gasteiger charge is -1.81. The molecule has 0 saturated carbocycles. The molecule has 0 aliphatic carbocycles. The minimum atomic E-state index is -1.23. The van der Waals surface area contributed by atoms with E-state index in [2.05, 4.69) is 26.2 Å². The van der Waals surface area contributed by atoms with Crippen LogP contribution in [0.15, 0.2) is 12.7 Å². The van der Waals surface area contributed by atoms with Crippen molar-refractivity contribution >= 4 is 14.8 Å². The molecule has 0 aromatic rings. The predicted octanol–water partition coefficient (Wildman–Crippen LogP) is 0.293. The van der Waals surface area contributed by atoms with E-state index < -0.39 is 5.97 Å². The molecule has 0 spiro atoms. The third-order valence-electron chi connectivity index (χ3n) is 0.167. The summed E-state index contributed by atoms with van der Waals surface area (Å²) >= 11 is 0. The fourth-order valence-electron chi connectivity index (χ4n) is 0. The first-order chi connectivity index (χ1) is 4.00. The Labute approximate surface area is 57.8 Å². The lowest BCUT2D eigenvalue weighted by atomic mass is 10.7. The summed E-state index contributed by atoms with van der Waals surface area (Å²) < 4.78 is 0. The number of aliphatic carboxylic acids is 1. The van der Waals surface area contributed by atoms with Gasteiger partial charge in [-0.2, -0.15) is 0 Å². The number of hydrogen-bond acceptors (Lipinski definition) is 2. The molecule has 0 aromatic carbocycles. The number of rotatable bonds is 1. The van der Waals surface area contributed by atoms with Crippen LogP contribution < -0.4 is 5.11 Å². The third kappa shape index (κ3) is 107. The van der Waals surface area contributed by atoms with Crippen molar-refractivity contribution < 1.29 is 9.90 Å². The van der Waals surface area contributed by atoms with Gasteiger partial charge in [-0.15, -0.1) is 0 Å². The molecule has 0 fully saturated rings.